The normalized spacial score (nSPS) is 12.1. The van der Waals surface area contributed by atoms with Gasteiger partial charge in [-0.05, 0) is 42.3 Å². The Labute approximate surface area is 201 Å². The van der Waals surface area contributed by atoms with Crippen molar-refractivity contribution in [3.63, 3.8) is 0 Å². The average molecular weight is 479 g/mol. The maximum Gasteiger partial charge on any atom is 0.258 e. The molecular weight excluding hydrogens is 452 g/mol. The molecule has 34 heavy (non-hydrogen) atoms. The van der Waals surface area contributed by atoms with E-state index in [-0.39, 0.29) is 23.4 Å². The predicted octanol–water partition coefficient (Wildman–Crippen LogP) is 3.48. The lowest BCUT2D eigenvalue weighted by Crippen LogP contribution is -2.33. The molecule has 0 radical (unpaired) electrons. The lowest BCUT2D eigenvalue weighted by atomic mass is 10.0. The molecular formula is C24H26N6O3S. The van der Waals surface area contributed by atoms with E-state index in [1.54, 1.807) is 37.4 Å². The van der Waals surface area contributed by atoms with Crippen LogP contribution in [0.25, 0.3) is 10.9 Å². The molecule has 0 spiro atoms. The number of carbonyl (C=O) groups excluding carboxylic acids is 1. The molecule has 4 rings (SSSR count). The number of hydrogen-bond donors (Lipinski definition) is 2. The zero-order valence-electron chi connectivity index (χ0n) is 19.4. The Morgan fingerprint density at radius 1 is 1.15 bits per heavy atom. The van der Waals surface area contributed by atoms with Gasteiger partial charge in [0.25, 0.3) is 11.5 Å². The quantitative estimate of drug-likeness (QED) is 0.373. The van der Waals surface area contributed by atoms with Gasteiger partial charge in [-0.1, -0.05) is 37.7 Å². The number of rotatable bonds is 8. The van der Waals surface area contributed by atoms with Gasteiger partial charge in [0.1, 0.15) is 11.6 Å². The topological polar surface area (TPSA) is 115 Å². The maximum absolute atomic E-state index is 12.8. The molecule has 0 saturated heterocycles. The summed E-state index contributed by atoms with van der Waals surface area (Å²) in [6.45, 7) is 4.04. The van der Waals surface area contributed by atoms with E-state index in [0.29, 0.717) is 44.8 Å². The molecule has 2 aromatic carbocycles. The fraction of sp³-hybridized carbons (Fsp3) is 0.292. The molecule has 9 nitrogen and oxygen atoms in total. The van der Waals surface area contributed by atoms with E-state index in [1.165, 1.54) is 11.8 Å². The lowest BCUT2D eigenvalue weighted by Gasteiger charge is -2.21. The Hall–Kier alpha value is -3.66. The van der Waals surface area contributed by atoms with Gasteiger partial charge in [0, 0.05) is 12.6 Å². The molecule has 1 amide bonds. The fourth-order valence-corrected chi connectivity index (χ4v) is 4.34. The summed E-state index contributed by atoms with van der Waals surface area (Å²) in [6.07, 6.45) is 0. The van der Waals surface area contributed by atoms with Crippen LogP contribution in [-0.4, -0.2) is 37.7 Å². The van der Waals surface area contributed by atoms with Crippen LogP contribution >= 0.6 is 11.8 Å². The monoisotopic (exact) mass is 478 g/mol. The van der Waals surface area contributed by atoms with Crippen LogP contribution in [0, 0.1) is 5.92 Å². The zero-order valence-corrected chi connectivity index (χ0v) is 20.2. The second-order valence-electron chi connectivity index (χ2n) is 8.14. The third-order valence-corrected chi connectivity index (χ3v) is 6.48. The largest absolute Gasteiger partial charge is 0.497 e. The number of H-pyrrole nitrogens is 1. The van der Waals surface area contributed by atoms with E-state index in [4.69, 9.17) is 4.74 Å². The van der Waals surface area contributed by atoms with Crippen molar-refractivity contribution >= 4 is 28.6 Å². The first-order valence-corrected chi connectivity index (χ1v) is 11.8. The number of thioether (sulfide) groups is 1. The van der Waals surface area contributed by atoms with Crippen molar-refractivity contribution in [3.05, 3.63) is 76.1 Å². The predicted molar refractivity (Wildman–Crippen MR) is 131 cm³/mol. The number of nitrogens with zero attached hydrogens (tertiary/aromatic N) is 4. The minimum Gasteiger partial charge on any atom is -0.497 e. The molecule has 176 valence electrons. The van der Waals surface area contributed by atoms with Gasteiger partial charge in [0.2, 0.25) is 0 Å². The van der Waals surface area contributed by atoms with Crippen molar-refractivity contribution in [1.82, 2.24) is 30.0 Å². The van der Waals surface area contributed by atoms with Gasteiger partial charge < -0.3 is 19.6 Å². The van der Waals surface area contributed by atoms with Crippen molar-refractivity contribution < 1.29 is 9.53 Å². The van der Waals surface area contributed by atoms with Gasteiger partial charge in [0.05, 0.1) is 29.8 Å². The van der Waals surface area contributed by atoms with Crippen LogP contribution in [0.3, 0.4) is 0 Å². The van der Waals surface area contributed by atoms with Gasteiger partial charge in [-0.15, -0.1) is 10.2 Å². The van der Waals surface area contributed by atoms with Crippen molar-refractivity contribution in [2.75, 3.05) is 7.11 Å². The molecule has 1 atom stereocenters. The summed E-state index contributed by atoms with van der Waals surface area (Å²) < 4.78 is 7.02. The molecule has 0 unspecified atom stereocenters. The fourth-order valence-electron chi connectivity index (χ4n) is 3.56. The van der Waals surface area contributed by atoms with Gasteiger partial charge in [-0.25, -0.2) is 4.98 Å². The maximum atomic E-state index is 12.8. The van der Waals surface area contributed by atoms with Crippen LogP contribution < -0.4 is 15.6 Å². The molecule has 0 bridgehead atoms. The summed E-state index contributed by atoms with van der Waals surface area (Å²) in [5.41, 5.74) is 1.03. The average Bonchev–Trinajstić information content (AvgIpc) is 3.20. The minimum atomic E-state index is -0.333. The number of carbonyl (C=O) groups is 1. The third kappa shape index (κ3) is 4.96. The van der Waals surface area contributed by atoms with E-state index >= 15 is 0 Å². The Morgan fingerprint density at radius 2 is 1.88 bits per heavy atom. The van der Waals surface area contributed by atoms with Gasteiger partial charge in [0.15, 0.2) is 11.0 Å². The van der Waals surface area contributed by atoms with Crippen LogP contribution in [-0.2, 0) is 12.8 Å². The summed E-state index contributed by atoms with van der Waals surface area (Å²) >= 11 is 1.42. The number of para-hydroxylation sites is 1. The smallest absolute Gasteiger partial charge is 0.258 e. The van der Waals surface area contributed by atoms with Crippen molar-refractivity contribution in [2.24, 2.45) is 13.0 Å². The van der Waals surface area contributed by atoms with Gasteiger partial charge in [-0.2, -0.15) is 0 Å². The second kappa shape index (κ2) is 10.1. The third-order valence-electron chi connectivity index (χ3n) is 5.45. The molecule has 2 N–H and O–H groups in total. The van der Waals surface area contributed by atoms with Crippen molar-refractivity contribution in [2.45, 2.75) is 30.8 Å². The Bertz CT molecular complexity index is 1360. The number of amides is 1. The van der Waals surface area contributed by atoms with E-state index in [2.05, 4.69) is 25.5 Å². The van der Waals surface area contributed by atoms with Gasteiger partial charge in [-0.3, -0.25) is 9.59 Å². The summed E-state index contributed by atoms with van der Waals surface area (Å²) in [7, 11) is 3.45. The first-order valence-electron chi connectivity index (χ1n) is 10.8. The summed E-state index contributed by atoms with van der Waals surface area (Å²) in [5, 5.41) is 13.0. The van der Waals surface area contributed by atoms with E-state index in [9.17, 15) is 9.59 Å². The van der Waals surface area contributed by atoms with E-state index < -0.39 is 0 Å². The van der Waals surface area contributed by atoms with Crippen LogP contribution in [0.4, 0.5) is 0 Å². The molecule has 0 fully saturated rings. The first kappa shape index (κ1) is 23.5. The van der Waals surface area contributed by atoms with Crippen LogP contribution in [0.15, 0.2) is 58.5 Å². The molecule has 0 saturated carbocycles. The Morgan fingerprint density at radius 3 is 2.59 bits per heavy atom. The number of benzene rings is 2. The number of nitrogens with one attached hydrogen (secondary N) is 2. The Kier molecular flexibility index (Phi) is 6.97. The molecule has 2 heterocycles. The Balaban J connectivity index is 1.50. The number of methoxy groups -OCH3 is 1. The van der Waals surface area contributed by atoms with E-state index in [1.807, 2.05) is 43.7 Å². The minimum absolute atomic E-state index is 0.0847. The number of ether oxygens (including phenoxy) is 1. The van der Waals surface area contributed by atoms with Crippen LogP contribution in [0.2, 0.25) is 0 Å². The molecule has 0 aliphatic rings. The number of aromatic nitrogens is 5. The molecule has 2 aromatic heterocycles. The highest BCUT2D eigenvalue weighted by Crippen LogP contribution is 2.26. The first-order chi connectivity index (χ1) is 16.4. The second-order valence-corrected chi connectivity index (χ2v) is 9.08. The van der Waals surface area contributed by atoms with Crippen molar-refractivity contribution in [3.8, 4) is 5.75 Å². The number of aromatic amines is 1. The molecule has 0 aliphatic carbocycles. The van der Waals surface area contributed by atoms with Crippen LogP contribution in [0.1, 0.15) is 41.9 Å². The molecule has 4 aromatic rings. The lowest BCUT2D eigenvalue weighted by molar-refractivity contribution is 0.0922. The zero-order chi connectivity index (χ0) is 24.2. The highest BCUT2D eigenvalue weighted by atomic mass is 32.2. The SMILES string of the molecule is COc1ccc(C(=O)N[C@@H](c2nnc(SCc3nc4ccccc4c(=O)[nH]3)n2C)C(C)C)cc1. The highest BCUT2D eigenvalue weighted by molar-refractivity contribution is 7.98. The molecule has 10 heteroatoms. The van der Waals surface area contributed by atoms with Gasteiger partial charge >= 0.3 is 0 Å². The summed E-state index contributed by atoms with van der Waals surface area (Å²) in [6, 6.07) is 13.8. The molecule has 0 aliphatic heterocycles. The number of hydrogen-bond acceptors (Lipinski definition) is 7. The summed E-state index contributed by atoms with van der Waals surface area (Å²) in [5.74, 6) is 2.22. The van der Waals surface area contributed by atoms with Crippen molar-refractivity contribution in [1.29, 1.82) is 0 Å². The summed E-state index contributed by atoms with van der Waals surface area (Å²) in [4.78, 5) is 32.5. The highest BCUT2D eigenvalue weighted by Gasteiger charge is 2.25. The number of fused-ring (bicyclic) bond motifs is 1. The van der Waals surface area contributed by atoms with E-state index in [0.717, 1.165) is 0 Å². The van der Waals surface area contributed by atoms with Crippen LogP contribution in [0.5, 0.6) is 5.75 Å². The standard InChI is InChI=1S/C24H26N6O3S/c1-14(2)20(27-22(31)15-9-11-16(33-4)12-10-15)21-28-29-24(30(21)3)34-13-19-25-18-8-6-5-7-17(18)23(32)26-19/h5-12,14,20H,13H2,1-4H3,(H,27,31)(H,25,26,32)/t20-/m1/s1.